The van der Waals surface area contributed by atoms with Crippen molar-refractivity contribution in [1.82, 2.24) is 0 Å². The van der Waals surface area contributed by atoms with Crippen LogP contribution in [0.4, 0.5) is 4.39 Å². The fourth-order valence-electron chi connectivity index (χ4n) is 1.12. The molecule has 0 fully saturated rings. The molecular formula is C12H16ClFO2. The van der Waals surface area contributed by atoms with E-state index < -0.39 is 5.82 Å². The second-order valence-corrected chi connectivity index (χ2v) is 4.97. The van der Waals surface area contributed by atoms with Crippen molar-refractivity contribution in [1.29, 1.82) is 0 Å². The Kier molecular flexibility index (Phi) is 4.71. The zero-order valence-electron chi connectivity index (χ0n) is 9.46. The first-order chi connectivity index (χ1) is 7.44. The predicted molar refractivity (Wildman–Crippen MR) is 61.9 cm³/mol. The number of ether oxygens (including phenoxy) is 1. The van der Waals surface area contributed by atoms with E-state index in [9.17, 15) is 4.39 Å². The highest BCUT2D eigenvalue weighted by molar-refractivity contribution is 6.30. The number of benzene rings is 1. The van der Waals surface area contributed by atoms with Crippen LogP contribution in [0.3, 0.4) is 0 Å². The number of aliphatic hydroxyl groups excluding tert-OH is 1. The van der Waals surface area contributed by atoms with Crippen LogP contribution in [0, 0.1) is 11.2 Å². The molecule has 0 bridgehead atoms. The quantitative estimate of drug-likeness (QED) is 0.866. The Morgan fingerprint density at radius 1 is 1.44 bits per heavy atom. The van der Waals surface area contributed by atoms with Gasteiger partial charge in [-0.05, 0) is 17.7 Å². The zero-order chi connectivity index (χ0) is 12.2. The van der Waals surface area contributed by atoms with Gasteiger partial charge in [-0.2, -0.15) is 0 Å². The number of halogens is 2. The third-order valence-corrected chi connectivity index (χ3v) is 2.46. The van der Waals surface area contributed by atoms with Crippen molar-refractivity contribution < 1.29 is 14.2 Å². The van der Waals surface area contributed by atoms with Gasteiger partial charge >= 0.3 is 0 Å². The summed E-state index contributed by atoms with van der Waals surface area (Å²) in [5, 5.41) is 9.12. The highest BCUT2D eigenvalue weighted by Gasteiger charge is 2.16. The average Bonchev–Trinajstić information content (AvgIpc) is 2.23. The summed E-state index contributed by atoms with van der Waals surface area (Å²) in [5.74, 6) is -0.430. The van der Waals surface area contributed by atoms with Crippen LogP contribution in [0.25, 0.3) is 0 Å². The molecule has 0 saturated heterocycles. The molecule has 0 aliphatic heterocycles. The lowest BCUT2D eigenvalue weighted by atomic mass is 9.97. The standard InChI is InChI=1S/C12H16ClFO2/c1-12(2,7-15)8-16-6-9-3-4-11(14)10(13)5-9/h3-5,15H,6-8H2,1-2H3. The van der Waals surface area contributed by atoms with E-state index >= 15 is 0 Å². The molecule has 1 aromatic carbocycles. The van der Waals surface area contributed by atoms with Gasteiger partial charge in [0.2, 0.25) is 0 Å². The third kappa shape index (κ3) is 4.08. The van der Waals surface area contributed by atoms with Gasteiger partial charge in [0, 0.05) is 5.41 Å². The topological polar surface area (TPSA) is 29.5 Å². The van der Waals surface area contributed by atoms with E-state index in [0.717, 1.165) is 5.56 Å². The van der Waals surface area contributed by atoms with Gasteiger partial charge < -0.3 is 9.84 Å². The Bertz CT molecular complexity index is 353. The lowest BCUT2D eigenvalue weighted by molar-refractivity contribution is 0.0197. The minimum Gasteiger partial charge on any atom is -0.396 e. The van der Waals surface area contributed by atoms with E-state index in [1.54, 1.807) is 12.1 Å². The largest absolute Gasteiger partial charge is 0.396 e. The maximum Gasteiger partial charge on any atom is 0.141 e. The van der Waals surface area contributed by atoms with Crippen molar-refractivity contribution in [2.45, 2.75) is 20.5 Å². The lowest BCUT2D eigenvalue weighted by Crippen LogP contribution is -2.23. The van der Waals surface area contributed by atoms with Crippen LogP contribution in [-0.4, -0.2) is 18.3 Å². The molecule has 0 atom stereocenters. The second-order valence-electron chi connectivity index (χ2n) is 4.56. The molecule has 0 spiro atoms. The maximum atomic E-state index is 12.9. The third-order valence-electron chi connectivity index (χ3n) is 2.17. The Hall–Kier alpha value is -0.640. The molecule has 0 radical (unpaired) electrons. The van der Waals surface area contributed by atoms with Crippen LogP contribution in [-0.2, 0) is 11.3 Å². The first kappa shape index (κ1) is 13.4. The van der Waals surface area contributed by atoms with E-state index in [0.29, 0.717) is 13.2 Å². The number of hydrogen-bond donors (Lipinski definition) is 1. The van der Waals surface area contributed by atoms with Crippen molar-refractivity contribution in [3.8, 4) is 0 Å². The minimum atomic E-state index is -0.430. The first-order valence-corrected chi connectivity index (χ1v) is 5.45. The molecule has 4 heteroatoms. The Balaban J connectivity index is 2.46. The first-order valence-electron chi connectivity index (χ1n) is 5.07. The average molecular weight is 247 g/mol. The van der Waals surface area contributed by atoms with E-state index in [1.165, 1.54) is 6.07 Å². The highest BCUT2D eigenvalue weighted by Crippen LogP contribution is 2.18. The molecule has 0 heterocycles. The predicted octanol–water partition coefficient (Wildman–Crippen LogP) is 3.01. The summed E-state index contributed by atoms with van der Waals surface area (Å²) in [5.41, 5.74) is 0.559. The molecule has 0 aliphatic carbocycles. The molecule has 0 unspecified atom stereocenters. The summed E-state index contributed by atoms with van der Waals surface area (Å²) in [6.45, 7) is 4.69. The van der Waals surface area contributed by atoms with Gasteiger partial charge in [0.05, 0.1) is 24.8 Å². The molecule has 2 nitrogen and oxygen atoms in total. The summed E-state index contributed by atoms with van der Waals surface area (Å²) in [6, 6.07) is 4.49. The van der Waals surface area contributed by atoms with Crippen molar-refractivity contribution in [2.24, 2.45) is 5.41 Å². The molecule has 1 N–H and O–H groups in total. The van der Waals surface area contributed by atoms with Crippen molar-refractivity contribution in [3.05, 3.63) is 34.6 Å². The van der Waals surface area contributed by atoms with Gasteiger partial charge in [-0.25, -0.2) is 4.39 Å². The molecule has 1 aromatic rings. The van der Waals surface area contributed by atoms with Crippen molar-refractivity contribution in [3.63, 3.8) is 0 Å². The summed E-state index contributed by atoms with van der Waals surface area (Å²) in [4.78, 5) is 0. The van der Waals surface area contributed by atoms with Crippen molar-refractivity contribution in [2.75, 3.05) is 13.2 Å². The highest BCUT2D eigenvalue weighted by atomic mass is 35.5. The summed E-state index contributed by atoms with van der Waals surface area (Å²) in [7, 11) is 0. The molecule has 90 valence electrons. The van der Waals surface area contributed by atoms with Gasteiger partial charge in [0.15, 0.2) is 0 Å². The van der Waals surface area contributed by atoms with E-state index in [2.05, 4.69) is 0 Å². The van der Waals surface area contributed by atoms with Crippen LogP contribution < -0.4 is 0 Å². The summed E-state index contributed by atoms with van der Waals surface area (Å²) >= 11 is 5.64. The zero-order valence-corrected chi connectivity index (χ0v) is 10.2. The van der Waals surface area contributed by atoms with Crippen LogP contribution in [0.2, 0.25) is 5.02 Å². The Labute approximate surface area is 100.0 Å². The molecule has 0 amide bonds. The smallest absolute Gasteiger partial charge is 0.141 e. The molecule has 16 heavy (non-hydrogen) atoms. The Morgan fingerprint density at radius 3 is 2.69 bits per heavy atom. The normalized spacial score (nSPS) is 11.8. The maximum absolute atomic E-state index is 12.9. The number of rotatable bonds is 5. The summed E-state index contributed by atoms with van der Waals surface area (Å²) < 4.78 is 18.3. The monoisotopic (exact) mass is 246 g/mol. The molecule has 1 rings (SSSR count). The van der Waals surface area contributed by atoms with E-state index in [4.69, 9.17) is 21.4 Å². The van der Waals surface area contributed by atoms with E-state index in [-0.39, 0.29) is 17.0 Å². The number of aliphatic hydroxyl groups is 1. The fraction of sp³-hybridized carbons (Fsp3) is 0.500. The minimum absolute atomic E-state index is 0.0666. The van der Waals surface area contributed by atoms with Gasteiger partial charge in [-0.1, -0.05) is 31.5 Å². The molecule has 0 saturated carbocycles. The second kappa shape index (κ2) is 5.62. The van der Waals surface area contributed by atoms with Gasteiger partial charge in [-0.3, -0.25) is 0 Å². The van der Waals surface area contributed by atoms with Crippen LogP contribution >= 0.6 is 11.6 Å². The molecular weight excluding hydrogens is 231 g/mol. The van der Waals surface area contributed by atoms with Crippen LogP contribution in [0.15, 0.2) is 18.2 Å². The van der Waals surface area contributed by atoms with Gasteiger partial charge in [0.1, 0.15) is 5.82 Å². The SMILES string of the molecule is CC(C)(CO)COCc1ccc(F)c(Cl)c1. The van der Waals surface area contributed by atoms with Crippen LogP contribution in [0.5, 0.6) is 0 Å². The van der Waals surface area contributed by atoms with Crippen molar-refractivity contribution >= 4 is 11.6 Å². The van der Waals surface area contributed by atoms with E-state index in [1.807, 2.05) is 13.8 Å². The van der Waals surface area contributed by atoms with Crippen LogP contribution in [0.1, 0.15) is 19.4 Å². The molecule has 0 aliphatic rings. The van der Waals surface area contributed by atoms with Gasteiger partial charge in [0.25, 0.3) is 0 Å². The fourth-order valence-corrected chi connectivity index (χ4v) is 1.32. The number of hydrogen-bond acceptors (Lipinski definition) is 2. The lowest BCUT2D eigenvalue weighted by Gasteiger charge is -2.21. The molecule has 0 aromatic heterocycles. The van der Waals surface area contributed by atoms with Gasteiger partial charge in [-0.15, -0.1) is 0 Å². The Morgan fingerprint density at radius 2 is 2.12 bits per heavy atom. The summed E-state index contributed by atoms with van der Waals surface area (Å²) in [6.07, 6.45) is 0.